The number of rotatable bonds is 1. The van der Waals surface area contributed by atoms with Crippen LogP contribution in [0.5, 0.6) is 0 Å². The van der Waals surface area contributed by atoms with Crippen LogP contribution in [-0.2, 0) is 14.4 Å². The average Bonchev–Trinajstić information content (AvgIpc) is 2.28. The molecule has 3 saturated carbocycles. The molecule has 3 heteroatoms. The highest BCUT2D eigenvalue weighted by molar-refractivity contribution is 6.02. The molecule has 4 aliphatic rings. The first kappa shape index (κ1) is 9.94. The fourth-order valence-corrected chi connectivity index (χ4v) is 3.87. The first-order chi connectivity index (χ1) is 7.65. The Labute approximate surface area is 93.9 Å². The number of ketones is 2. The van der Waals surface area contributed by atoms with Gasteiger partial charge in [0, 0.05) is 36.0 Å². The Hall–Kier alpha value is -1.25. The topological polar surface area (TPSA) is 51.2 Å². The van der Waals surface area contributed by atoms with Crippen molar-refractivity contribution in [2.45, 2.75) is 19.8 Å². The van der Waals surface area contributed by atoms with Crippen LogP contribution in [0.4, 0.5) is 0 Å². The molecule has 16 heavy (non-hydrogen) atoms. The molecule has 0 heterocycles. The van der Waals surface area contributed by atoms with E-state index in [0.29, 0.717) is 12.8 Å². The molecule has 3 nitrogen and oxygen atoms in total. The Bertz CT molecular complexity index is 421. The lowest BCUT2D eigenvalue weighted by Gasteiger charge is -2.51. The standard InChI is InChI=1S/C13H14O3/c1-6-2-3-7-12-10(15)4-8(13(7)16)9(5-14)11(6)12/h2,5,7-9,11-12H,3-4H2,1H3/t7-,8-,9+,11-,12+/m1/s1. The summed E-state index contributed by atoms with van der Waals surface area (Å²) in [5.74, 6) is -0.530. The van der Waals surface area contributed by atoms with Gasteiger partial charge in [0.2, 0.25) is 0 Å². The van der Waals surface area contributed by atoms with Crippen LogP contribution in [-0.4, -0.2) is 17.9 Å². The van der Waals surface area contributed by atoms with E-state index in [-0.39, 0.29) is 41.2 Å². The van der Waals surface area contributed by atoms with Crippen LogP contribution in [0.2, 0.25) is 0 Å². The first-order valence-electron chi connectivity index (χ1n) is 5.83. The molecule has 0 radical (unpaired) electrons. The van der Waals surface area contributed by atoms with Crippen LogP contribution >= 0.6 is 0 Å². The minimum Gasteiger partial charge on any atom is -0.303 e. The Morgan fingerprint density at radius 3 is 2.69 bits per heavy atom. The lowest BCUT2D eigenvalue weighted by molar-refractivity contribution is -0.157. The molecule has 0 aromatic heterocycles. The van der Waals surface area contributed by atoms with E-state index in [9.17, 15) is 14.4 Å². The van der Waals surface area contributed by atoms with Gasteiger partial charge in [-0.3, -0.25) is 9.59 Å². The van der Waals surface area contributed by atoms with Gasteiger partial charge in [0.25, 0.3) is 0 Å². The van der Waals surface area contributed by atoms with Crippen molar-refractivity contribution in [2.75, 3.05) is 0 Å². The number of allylic oxidation sites excluding steroid dienone is 2. The maximum atomic E-state index is 12.1. The van der Waals surface area contributed by atoms with E-state index in [1.807, 2.05) is 13.0 Å². The molecule has 4 rings (SSSR count). The quantitative estimate of drug-likeness (QED) is 0.490. The van der Waals surface area contributed by atoms with Crippen molar-refractivity contribution in [3.63, 3.8) is 0 Å². The van der Waals surface area contributed by atoms with Crippen molar-refractivity contribution < 1.29 is 14.4 Å². The normalized spacial score (nSPS) is 45.6. The molecule has 3 fully saturated rings. The average molecular weight is 218 g/mol. The molecule has 84 valence electrons. The van der Waals surface area contributed by atoms with E-state index in [2.05, 4.69) is 0 Å². The summed E-state index contributed by atoms with van der Waals surface area (Å²) in [5.41, 5.74) is 1.13. The number of hydrogen-bond acceptors (Lipinski definition) is 3. The van der Waals surface area contributed by atoms with Crippen molar-refractivity contribution in [1.82, 2.24) is 0 Å². The summed E-state index contributed by atoms with van der Waals surface area (Å²) >= 11 is 0. The van der Waals surface area contributed by atoms with Crippen molar-refractivity contribution in [2.24, 2.45) is 29.6 Å². The molecule has 0 aromatic rings. The van der Waals surface area contributed by atoms with Crippen LogP contribution in [0.3, 0.4) is 0 Å². The lowest BCUT2D eigenvalue weighted by atomic mass is 9.50. The fraction of sp³-hybridized carbons (Fsp3) is 0.615. The maximum Gasteiger partial charge on any atom is 0.141 e. The number of fused-ring (bicyclic) bond motifs is 1. The summed E-state index contributed by atoms with van der Waals surface area (Å²) in [4.78, 5) is 35.2. The van der Waals surface area contributed by atoms with Crippen molar-refractivity contribution >= 4 is 17.9 Å². The van der Waals surface area contributed by atoms with E-state index < -0.39 is 0 Å². The van der Waals surface area contributed by atoms with E-state index >= 15 is 0 Å². The van der Waals surface area contributed by atoms with Crippen LogP contribution in [0.25, 0.3) is 0 Å². The highest BCUT2D eigenvalue weighted by atomic mass is 16.1. The Balaban J connectivity index is 2.14. The molecular formula is C13H14O3. The molecular weight excluding hydrogens is 204 g/mol. The third kappa shape index (κ3) is 1.01. The lowest BCUT2D eigenvalue weighted by Crippen LogP contribution is -2.57. The van der Waals surface area contributed by atoms with Gasteiger partial charge in [-0.05, 0) is 13.3 Å². The van der Waals surface area contributed by atoms with Gasteiger partial charge in [0.1, 0.15) is 17.9 Å². The van der Waals surface area contributed by atoms with E-state index in [1.165, 1.54) is 0 Å². The number of carbonyl (C=O) groups is 3. The van der Waals surface area contributed by atoms with Gasteiger partial charge in [0.15, 0.2) is 0 Å². The van der Waals surface area contributed by atoms with E-state index in [4.69, 9.17) is 0 Å². The molecule has 4 aliphatic carbocycles. The zero-order chi connectivity index (χ0) is 11.4. The largest absolute Gasteiger partial charge is 0.303 e. The predicted molar refractivity (Wildman–Crippen MR) is 56.5 cm³/mol. The molecule has 0 unspecified atom stereocenters. The minimum atomic E-state index is -0.325. The minimum absolute atomic E-state index is 0.0141. The predicted octanol–water partition coefficient (Wildman–Crippen LogP) is 1.17. The zero-order valence-corrected chi connectivity index (χ0v) is 9.18. The Morgan fingerprint density at radius 1 is 1.25 bits per heavy atom. The van der Waals surface area contributed by atoms with Crippen LogP contribution in [0, 0.1) is 29.6 Å². The van der Waals surface area contributed by atoms with Crippen molar-refractivity contribution in [1.29, 1.82) is 0 Å². The second kappa shape index (κ2) is 3.12. The summed E-state index contributed by atoms with van der Waals surface area (Å²) in [6.07, 6.45) is 3.92. The third-order valence-corrected chi connectivity index (χ3v) is 4.60. The van der Waals surface area contributed by atoms with Crippen LogP contribution in [0.15, 0.2) is 11.6 Å². The van der Waals surface area contributed by atoms with Gasteiger partial charge in [-0.15, -0.1) is 0 Å². The zero-order valence-electron chi connectivity index (χ0n) is 9.18. The summed E-state index contributed by atoms with van der Waals surface area (Å²) in [6, 6.07) is 0. The van der Waals surface area contributed by atoms with Gasteiger partial charge in [-0.25, -0.2) is 0 Å². The molecule has 5 atom stereocenters. The number of aldehydes is 1. The third-order valence-electron chi connectivity index (χ3n) is 4.60. The summed E-state index contributed by atoms with van der Waals surface area (Å²) in [7, 11) is 0. The first-order valence-corrected chi connectivity index (χ1v) is 5.83. The molecule has 0 aromatic carbocycles. The Kier molecular flexibility index (Phi) is 1.94. The molecule has 0 saturated heterocycles. The van der Waals surface area contributed by atoms with E-state index in [0.717, 1.165) is 11.9 Å². The highest BCUT2D eigenvalue weighted by Gasteiger charge is 2.58. The molecule has 0 aliphatic heterocycles. The Morgan fingerprint density at radius 2 is 2.00 bits per heavy atom. The molecule has 0 N–H and O–H groups in total. The number of Topliss-reactive ketones (excluding diaryl/α,β-unsaturated/α-hetero) is 2. The van der Waals surface area contributed by atoms with Crippen molar-refractivity contribution in [3.05, 3.63) is 11.6 Å². The molecule has 0 amide bonds. The van der Waals surface area contributed by atoms with E-state index in [1.54, 1.807) is 0 Å². The van der Waals surface area contributed by atoms with Gasteiger partial charge in [-0.1, -0.05) is 11.6 Å². The second-order valence-electron chi connectivity index (χ2n) is 5.23. The highest BCUT2D eigenvalue weighted by Crippen LogP contribution is 2.53. The summed E-state index contributed by atoms with van der Waals surface area (Å²) in [6.45, 7) is 1.98. The summed E-state index contributed by atoms with van der Waals surface area (Å²) < 4.78 is 0. The van der Waals surface area contributed by atoms with Gasteiger partial charge in [0.05, 0.1) is 0 Å². The SMILES string of the molecule is CC1=CC[C@H]2C(=O)[C@@H]3CC(=O)[C@H]2[C@H]1[C@H]3C=O. The van der Waals surface area contributed by atoms with Gasteiger partial charge in [-0.2, -0.15) is 0 Å². The van der Waals surface area contributed by atoms with Gasteiger partial charge >= 0.3 is 0 Å². The number of carbonyl (C=O) groups excluding carboxylic acids is 3. The monoisotopic (exact) mass is 218 g/mol. The fourth-order valence-electron chi connectivity index (χ4n) is 3.87. The number of hydrogen-bond donors (Lipinski definition) is 0. The van der Waals surface area contributed by atoms with Gasteiger partial charge < -0.3 is 4.79 Å². The van der Waals surface area contributed by atoms with Crippen LogP contribution in [0.1, 0.15) is 19.8 Å². The second-order valence-corrected chi connectivity index (χ2v) is 5.23. The molecule has 0 spiro atoms. The molecule has 4 bridgehead atoms. The maximum absolute atomic E-state index is 12.1. The summed E-state index contributed by atoms with van der Waals surface area (Å²) in [5, 5.41) is 0. The smallest absolute Gasteiger partial charge is 0.141 e. The van der Waals surface area contributed by atoms with Crippen molar-refractivity contribution in [3.8, 4) is 0 Å². The van der Waals surface area contributed by atoms with Crippen LogP contribution < -0.4 is 0 Å².